The lowest BCUT2D eigenvalue weighted by Crippen LogP contribution is -2.28. The first-order valence-electron chi connectivity index (χ1n) is 19.5. The number of nitrogens with zero attached hydrogens (tertiary/aromatic N) is 2. The number of hydrogen-bond acceptors (Lipinski definition) is 8. The van der Waals surface area contributed by atoms with Crippen LogP contribution in [0.3, 0.4) is 0 Å². The van der Waals surface area contributed by atoms with Crippen LogP contribution >= 0.6 is 0 Å². The first-order valence-corrected chi connectivity index (χ1v) is 19.5. The zero-order chi connectivity index (χ0) is 41.8. The number of benzene rings is 8. The van der Waals surface area contributed by atoms with Crippen LogP contribution in [0.2, 0.25) is 0 Å². The third-order valence-electron chi connectivity index (χ3n) is 10.7. The molecule has 0 aromatic heterocycles. The molecule has 0 spiro atoms. The van der Waals surface area contributed by atoms with Crippen molar-refractivity contribution in [3.63, 3.8) is 0 Å². The number of hydrogen-bond donors (Lipinski definition) is 0. The van der Waals surface area contributed by atoms with Gasteiger partial charge in [0.2, 0.25) is 11.5 Å². The maximum atomic E-state index is 11.8. The van der Waals surface area contributed by atoms with Crippen LogP contribution in [0.15, 0.2) is 194 Å². The van der Waals surface area contributed by atoms with Gasteiger partial charge in [0, 0.05) is 24.3 Å². The van der Waals surface area contributed by atoms with E-state index in [-0.39, 0.29) is 36.1 Å². The van der Waals surface area contributed by atoms with E-state index in [0.29, 0.717) is 23.0 Å². The molecule has 10 heteroatoms. The molecule has 0 saturated heterocycles. The molecule has 8 aromatic rings. The molecule has 0 amide bonds. The van der Waals surface area contributed by atoms with Gasteiger partial charge in [-0.15, -0.1) is 0 Å². The third kappa shape index (κ3) is 7.61. The smallest absolute Gasteiger partial charge is 0.311 e. The molecule has 0 fully saturated rings. The molecule has 0 radical (unpaired) electrons. The van der Waals surface area contributed by atoms with Gasteiger partial charge < -0.3 is 18.9 Å². The molecule has 0 heterocycles. The number of nitro benzene ring substituents is 2. The quantitative estimate of drug-likeness (QED) is 0.0786. The predicted molar refractivity (Wildman–Crippen MR) is 232 cm³/mol. The molecule has 0 saturated carbocycles. The fourth-order valence-electron chi connectivity index (χ4n) is 7.96. The Labute approximate surface area is 351 Å². The minimum absolute atomic E-state index is 0.110. The van der Waals surface area contributed by atoms with Gasteiger partial charge in [-0.05, 0) is 80.9 Å². The summed E-state index contributed by atoms with van der Waals surface area (Å²) in [7, 11) is 0. The van der Waals surface area contributed by atoms with Crippen molar-refractivity contribution < 1.29 is 28.8 Å². The maximum absolute atomic E-state index is 11.8. The van der Waals surface area contributed by atoms with Gasteiger partial charge in [-0.25, -0.2) is 0 Å². The van der Waals surface area contributed by atoms with E-state index < -0.39 is 15.3 Å². The molecule has 298 valence electrons. The molecule has 8 aromatic carbocycles. The molecule has 61 heavy (non-hydrogen) atoms. The second-order valence-corrected chi connectivity index (χ2v) is 14.4. The Morgan fingerprint density at radius 1 is 0.410 bits per heavy atom. The standard InChI is InChI=1S/C51H36N2O8/c54-52(55)47-29-27-41(31-49(47)58-33-35-11-3-1-4-12-35)60-39-23-19-37(20-24-39)51(45-17-9-7-15-43(45)44-16-8-10-18-46(44)51)38-21-25-40(26-22-38)61-42-28-30-48(53(56)57)50(32-42)59-34-36-13-5-2-6-14-36/h1-32H,33-34H2. The van der Waals surface area contributed by atoms with Gasteiger partial charge >= 0.3 is 11.4 Å². The summed E-state index contributed by atoms with van der Waals surface area (Å²) in [6.45, 7) is 0.334. The molecule has 10 nitrogen and oxygen atoms in total. The topological polar surface area (TPSA) is 123 Å². The molecule has 0 aliphatic heterocycles. The van der Waals surface area contributed by atoms with E-state index in [4.69, 9.17) is 18.9 Å². The second-order valence-electron chi connectivity index (χ2n) is 14.4. The highest BCUT2D eigenvalue weighted by atomic mass is 16.6. The molecule has 0 atom stereocenters. The summed E-state index contributed by atoms with van der Waals surface area (Å²) >= 11 is 0. The predicted octanol–water partition coefficient (Wildman–Crippen LogP) is 12.6. The fraction of sp³-hybridized carbons (Fsp3) is 0.0588. The Morgan fingerprint density at radius 2 is 0.770 bits per heavy atom. The first-order chi connectivity index (χ1) is 29.9. The Morgan fingerprint density at radius 3 is 1.16 bits per heavy atom. The molecule has 1 aliphatic carbocycles. The number of fused-ring (bicyclic) bond motifs is 3. The van der Waals surface area contributed by atoms with Crippen LogP contribution in [-0.4, -0.2) is 9.85 Å². The lowest BCUT2D eigenvalue weighted by molar-refractivity contribution is -0.386. The van der Waals surface area contributed by atoms with Crippen molar-refractivity contribution in [3.05, 3.63) is 248 Å². The second kappa shape index (κ2) is 16.6. The highest BCUT2D eigenvalue weighted by molar-refractivity contribution is 5.86. The van der Waals surface area contributed by atoms with Gasteiger partial charge in [0.15, 0.2) is 0 Å². The summed E-state index contributed by atoms with van der Waals surface area (Å²) < 4.78 is 24.4. The highest BCUT2D eigenvalue weighted by Gasteiger charge is 2.46. The zero-order valence-electron chi connectivity index (χ0n) is 32.5. The van der Waals surface area contributed by atoms with Crippen LogP contribution in [0.4, 0.5) is 11.4 Å². The average molecular weight is 805 g/mol. The van der Waals surface area contributed by atoms with Crippen molar-refractivity contribution in [1.29, 1.82) is 0 Å². The van der Waals surface area contributed by atoms with Crippen molar-refractivity contribution in [2.24, 2.45) is 0 Å². The van der Waals surface area contributed by atoms with Crippen LogP contribution in [0.1, 0.15) is 33.4 Å². The van der Waals surface area contributed by atoms with Crippen molar-refractivity contribution in [1.82, 2.24) is 0 Å². The van der Waals surface area contributed by atoms with Crippen molar-refractivity contribution in [2.45, 2.75) is 18.6 Å². The Bertz CT molecular complexity index is 2670. The van der Waals surface area contributed by atoms with Crippen LogP contribution in [-0.2, 0) is 18.6 Å². The molecule has 0 unspecified atom stereocenters. The van der Waals surface area contributed by atoms with E-state index in [1.807, 2.05) is 133 Å². The van der Waals surface area contributed by atoms with Gasteiger partial charge in [-0.3, -0.25) is 20.2 Å². The number of rotatable bonds is 14. The van der Waals surface area contributed by atoms with E-state index in [1.165, 1.54) is 12.1 Å². The first kappa shape index (κ1) is 38.3. The summed E-state index contributed by atoms with van der Waals surface area (Å²) in [4.78, 5) is 22.8. The largest absolute Gasteiger partial charge is 0.482 e. The van der Waals surface area contributed by atoms with E-state index in [1.54, 1.807) is 24.3 Å². The molecular weight excluding hydrogens is 769 g/mol. The van der Waals surface area contributed by atoms with E-state index >= 15 is 0 Å². The van der Waals surface area contributed by atoms with E-state index in [0.717, 1.165) is 44.5 Å². The maximum Gasteiger partial charge on any atom is 0.311 e. The lowest BCUT2D eigenvalue weighted by Gasteiger charge is -2.34. The van der Waals surface area contributed by atoms with Gasteiger partial charge in [0.1, 0.15) is 36.2 Å². The van der Waals surface area contributed by atoms with Gasteiger partial charge in [-0.1, -0.05) is 133 Å². The fourth-order valence-corrected chi connectivity index (χ4v) is 7.96. The summed E-state index contributed by atoms with van der Waals surface area (Å²) in [5.41, 5.74) is 7.22. The highest BCUT2D eigenvalue weighted by Crippen LogP contribution is 2.56. The van der Waals surface area contributed by atoms with Crippen molar-refractivity contribution in [2.75, 3.05) is 0 Å². The summed E-state index contributed by atoms with van der Waals surface area (Å²) in [6, 6.07) is 60.5. The minimum Gasteiger partial charge on any atom is -0.482 e. The van der Waals surface area contributed by atoms with E-state index in [2.05, 4.69) is 24.3 Å². The molecule has 1 aliphatic rings. The van der Waals surface area contributed by atoms with Gasteiger partial charge in [0.25, 0.3) is 0 Å². The Balaban J connectivity index is 1.03. The van der Waals surface area contributed by atoms with Crippen LogP contribution in [0, 0.1) is 20.2 Å². The third-order valence-corrected chi connectivity index (χ3v) is 10.7. The zero-order valence-corrected chi connectivity index (χ0v) is 32.5. The molecule has 0 bridgehead atoms. The van der Waals surface area contributed by atoms with Crippen LogP contribution in [0.25, 0.3) is 11.1 Å². The van der Waals surface area contributed by atoms with Crippen molar-refractivity contribution in [3.8, 4) is 45.6 Å². The monoisotopic (exact) mass is 804 g/mol. The minimum atomic E-state index is -0.720. The average Bonchev–Trinajstić information content (AvgIpc) is 3.60. The van der Waals surface area contributed by atoms with Gasteiger partial charge in [0.05, 0.1) is 15.3 Å². The van der Waals surface area contributed by atoms with Crippen LogP contribution in [0.5, 0.6) is 34.5 Å². The number of ether oxygens (including phenoxy) is 4. The van der Waals surface area contributed by atoms with Gasteiger partial charge in [-0.2, -0.15) is 0 Å². The summed E-state index contributed by atoms with van der Waals surface area (Å²) in [5.74, 6) is 2.09. The number of nitro groups is 2. The summed E-state index contributed by atoms with van der Waals surface area (Å²) in [6.07, 6.45) is 0. The SMILES string of the molecule is O=[N+]([O-])c1ccc(Oc2ccc(C3(c4ccc(Oc5ccc([N+](=O)[O-])c(OCc6ccccc6)c5)cc4)c4ccccc4-c4ccccc43)cc2)cc1OCc1ccccc1. The lowest BCUT2D eigenvalue weighted by atomic mass is 9.68. The molecular formula is C51H36N2O8. The Kier molecular flexibility index (Phi) is 10.4. The van der Waals surface area contributed by atoms with Crippen molar-refractivity contribution >= 4 is 11.4 Å². The summed E-state index contributed by atoms with van der Waals surface area (Å²) in [5, 5.41) is 23.7. The normalized spacial score (nSPS) is 12.1. The Hall–Kier alpha value is -8.24. The molecule has 9 rings (SSSR count). The van der Waals surface area contributed by atoms with E-state index in [9.17, 15) is 20.2 Å². The molecule has 0 N–H and O–H groups in total. The van der Waals surface area contributed by atoms with Crippen LogP contribution < -0.4 is 18.9 Å².